The number of piperidine rings is 1. The van der Waals surface area contributed by atoms with Crippen molar-refractivity contribution in [1.29, 1.82) is 0 Å². The molecule has 6 aromatic heterocycles. The van der Waals surface area contributed by atoms with Gasteiger partial charge in [0, 0.05) is 33.7 Å². The van der Waals surface area contributed by atoms with Gasteiger partial charge in [0.1, 0.15) is 23.1 Å². The molecule has 0 bridgehead atoms. The zero-order valence-corrected chi connectivity index (χ0v) is 21.1. The van der Waals surface area contributed by atoms with Crippen LogP contribution in [0.15, 0.2) is 61.1 Å². The molecule has 0 aliphatic carbocycles. The lowest BCUT2D eigenvalue weighted by molar-refractivity contribution is 0.162. The van der Waals surface area contributed by atoms with Crippen molar-refractivity contribution < 1.29 is 4.74 Å². The van der Waals surface area contributed by atoms with Crippen molar-refractivity contribution in [2.75, 3.05) is 13.1 Å². The van der Waals surface area contributed by atoms with Gasteiger partial charge in [-0.05, 0) is 75.3 Å². The molecule has 0 unspecified atom stereocenters. The Morgan fingerprint density at radius 3 is 2.76 bits per heavy atom. The molecule has 0 amide bonds. The average molecular weight is 508 g/mol. The number of thiophene rings is 1. The Bertz CT molecular complexity index is 1730. The standard InChI is InChI=1S/C28H25N7OS/c1-16-2-5-25(37-16)26-20-13-24(32-22(20)8-11-31-26)28-27-23(34-35-28)4-3-21(33-27)17-12-19(15-30-14-17)36-18-6-9-29-10-7-18/h2-5,8,11-15,18,29,32H,6-7,9-10H2,1H3,(H,34,35). The summed E-state index contributed by atoms with van der Waals surface area (Å²) in [6.07, 6.45) is 7.67. The molecule has 9 heteroatoms. The van der Waals surface area contributed by atoms with E-state index in [0.29, 0.717) is 0 Å². The molecule has 1 fully saturated rings. The first-order chi connectivity index (χ1) is 18.2. The second kappa shape index (κ2) is 9.10. The molecule has 0 atom stereocenters. The van der Waals surface area contributed by atoms with Crippen LogP contribution in [0.25, 0.3) is 55.2 Å². The van der Waals surface area contributed by atoms with Crippen molar-refractivity contribution in [2.24, 2.45) is 0 Å². The quantitative estimate of drug-likeness (QED) is 0.275. The van der Waals surface area contributed by atoms with Crippen LogP contribution < -0.4 is 10.1 Å². The zero-order valence-electron chi connectivity index (χ0n) is 20.3. The molecule has 0 radical (unpaired) electrons. The molecule has 1 aliphatic rings. The molecular weight excluding hydrogens is 482 g/mol. The Morgan fingerprint density at radius 1 is 0.973 bits per heavy atom. The van der Waals surface area contributed by atoms with Gasteiger partial charge in [-0.3, -0.25) is 15.1 Å². The van der Waals surface area contributed by atoms with Crippen molar-refractivity contribution in [3.8, 4) is 39.0 Å². The molecule has 184 valence electrons. The van der Waals surface area contributed by atoms with Gasteiger partial charge in [-0.2, -0.15) is 5.10 Å². The first-order valence-corrected chi connectivity index (χ1v) is 13.3. The van der Waals surface area contributed by atoms with Gasteiger partial charge in [0.25, 0.3) is 0 Å². The van der Waals surface area contributed by atoms with Gasteiger partial charge in [-0.15, -0.1) is 11.3 Å². The van der Waals surface area contributed by atoms with E-state index in [1.807, 2.05) is 36.7 Å². The first kappa shape index (κ1) is 22.1. The summed E-state index contributed by atoms with van der Waals surface area (Å²) in [4.78, 5) is 20.0. The van der Waals surface area contributed by atoms with Gasteiger partial charge in [-0.25, -0.2) is 4.98 Å². The largest absolute Gasteiger partial charge is 0.489 e. The van der Waals surface area contributed by atoms with E-state index in [-0.39, 0.29) is 6.10 Å². The van der Waals surface area contributed by atoms with Crippen molar-refractivity contribution in [1.82, 2.24) is 35.5 Å². The lowest BCUT2D eigenvalue weighted by Crippen LogP contribution is -2.34. The maximum atomic E-state index is 6.21. The van der Waals surface area contributed by atoms with Gasteiger partial charge < -0.3 is 15.0 Å². The number of pyridine rings is 3. The van der Waals surface area contributed by atoms with Crippen LogP contribution in [0.3, 0.4) is 0 Å². The molecule has 37 heavy (non-hydrogen) atoms. The molecule has 1 saturated heterocycles. The van der Waals surface area contributed by atoms with Crippen molar-refractivity contribution >= 4 is 33.3 Å². The van der Waals surface area contributed by atoms with Crippen molar-refractivity contribution in [3.63, 3.8) is 0 Å². The summed E-state index contributed by atoms with van der Waals surface area (Å²) in [5.41, 5.74) is 7.08. The second-order valence-corrected chi connectivity index (χ2v) is 10.6. The predicted octanol–water partition coefficient (Wildman–Crippen LogP) is 5.73. The van der Waals surface area contributed by atoms with E-state index in [4.69, 9.17) is 9.72 Å². The topological polar surface area (TPSA) is 104 Å². The summed E-state index contributed by atoms with van der Waals surface area (Å²) in [7, 11) is 0. The van der Waals surface area contributed by atoms with Crippen LogP contribution in [0.5, 0.6) is 5.75 Å². The number of aromatic nitrogens is 6. The van der Waals surface area contributed by atoms with E-state index >= 15 is 0 Å². The van der Waals surface area contributed by atoms with Crippen LogP contribution in [-0.2, 0) is 0 Å². The molecule has 6 aromatic rings. The Labute approximate surface area is 217 Å². The molecule has 0 spiro atoms. The third-order valence-electron chi connectivity index (χ3n) is 6.78. The number of hydrogen-bond donors (Lipinski definition) is 3. The monoisotopic (exact) mass is 507 g/mol. The number of nitrogens with one attached hydrogen (secondary N) is 3. The third-order valence-corrected chi connectivity index (χ3v) is 7.79. The Morgan fingerprint density at radius 2 is 1.89 bits per heavy atom. The van der Waals surface area contributed by atoms with Crippen LogP contribution in [-0.4, -0.2) is 49.3 Å². The number of H-pyrrole nitrogens is 2. The first-order valence-electron chi connectivity index (χ1n) is 12.4. The Hall–Kier alpha value is -4.08. The minimum absolute atomic E-state index is 0.216. The maximum absolute atomic E-state index is 6.21. The van der Waals surface area contributed by atoms with Crippen molar-refractivity contribution in [3.05, 3.63) is 65.9 Å². The van der Waals surface area contributed by atoms with E-state index in [9.17, 15) is 0 Å². The number of rotatable bonds is 5. The lowest BCUT2D eigenvalue weighted by atomic mass is 10.1. The number of ether oxygens (including phenoxy) is 1. The average Bonchev–Trinajstić information content (AvgIpc) is 3.66. The highest BCUT2D eigenvalue weighted by Gasteiger charge is 2.18. The number of hydrogen-bond acceptors (Lipinski definition) is 7. The fraction of sp³-hybridized carbons (Fsp3) is 0.214. The van der Waals surface area contributed by atoms with Crippen LogP contribution in [0.2, 0.25) is 0 Å². The van der Waals surface area contributed by atoms with E-state index in [1.165, 1.54) is 4.88 Å². The van der Waals surface area contributed by atoms with Crippen LogP contribution in [0.4, 0.5) is 0 Å². The fourth-order valence-electron chi connectivity index (χ4n) is 4.92. The predicted molar refractivity (Wildman–Crippen MR) is 147 cm³/mol. The van der Waals surface area contributed by atoms with Crippen LogP contribution in [0, 0.1) is 6.92 Å². The maximum Gasteiger partial charge on any atom is 0.138 e. The van der Waals surface area contributed by atoms with Gasteiger partial charge >= 0.3 is 0 Å². The number of fused-ring (bicyclic) bond motifs is 2. The second-order valence-electron chi connectivity index (χ2n) is 9.36. The summed E-state index contributed by atoms with van der Waals surface area (Å²) in [6.45, 7) is 4.08. The summed E-state index contributed by atoms with van der Waals surface area (Å²) in [6, 6.07) is 14.4. The van der Waals surface area contributed by atoms with Gasteiger partial charge in [0.15, 0.2) is 0 Å². The summed E-state index contributed by atoms with van der Waals surface area (Å²) < 4.78 is 6.21. The number of aryl methyl sites for hydroxylation is 1. The normalized spacial score (nSPS) is 14.5. The highest BCUT2D eigenvalue weighted by molar-refractivity contribution is 7.15. The Balaban J connectivity index is 1.26. The molecule has 3 N–H and O–H groups in total. The molecule has 1 aliphatic heterocycles. The van der Waals surface area contributed by atoms with Gasteiger partial charge in [0.05, 0.1) is 33.7 Å². The fourth-order valence-corrected chi connectivity index (χ4v) is 5.79. The highest BCUT2D eigenvalue weighted by atomic mass is 32.1. The van der Waals surface area contributed by atoms with Gasteiger partial charge in [0.2, 0.25) is 0 Å². The van der Waals surface area contributed by atoms with Crippen LogP contribution >= 0.6 is 11.3 Å². The zero-order chi connectivity index (χ0) is 24.8. The smallest absolute Gasteiger partial charge is 0.138 e. The molecular formula is C28H25N7OS. The van der Waals surface area contributed by atoms with E-state index in [2.05, 4.69) is 55.6 Å². The minimum atomic E-state index is 0.216. The summed E-state index contributed by atoms with van der Waals surface area (Å²) >= 11 is 1.75. The van der Waals surface area contributed by atoms with E-state index in [0.717, 1.165) is 86.8 Å². The minimum Gasteiger partial charge on any atom is -0.489 e. The number of nitrogens with zero attached hydrogens (tertiary/aromatic N) is 4. The lowest BCUT2D eigenvalue weighted by Gasteiger charge is -2.23. The summed E-state index contributed by atoms with van der Waals surface area (Å²) in [5, 5.41) is 12.2. The van der Waals surface area contributed by atoms with Crippen LogP contribution in [0.1, 0.15) is 17.7 Å². The number of aromatic amines is 2. The molecule has 0 saturated carbocycles. The van der Waals surface area contributed by atoms with Gasteiger partial charge in [-0.1, -0.05) is 0 Å². The van der Waals surface area contributed by atoms with E-state index in [1.54, 1.807) is 17.5 Å². The highest BCUT2D eigenvalue weighted by Crippen LogP contribution is 2.35. The van der Waals surface area contributed by atoms with E-state index < -0.39 is 0 Å². The third kappa shape index (κ3) is 4.16. The molecule has 7 heterocycles. The molecule has 7 rings (SSSR count). The molecule has 8 nitrogen and oxygen atoms in total. The molecule has 0 aromatic carbocycles. The Kier molecular flexibility index (Phi) is 5.44. The summed E-state index contributed by atoms with van der Waals surface area (Å²) in [5.74, 6) is 0.776. The SMILES string of the molecule is Cc1ccc(-c2nccc3[nH]c(-c4n[nH]c5ccc(-c6cncc(OC7CCNCC7)c6)nc45)cc23)s1. The van der Waals surface area contributed by atoms with Crippen molar-refractivity contribution in [2.45, 2.75) is 25.9 Å².